The van der Waals surface area contributed by atoms with Gasteiger partial charge in [0, 0.05) is 10.7 Å². The van der Waals surface area contributed by atoms with Crippen molar-refractivity contribution in [3.8, 4) is 11.8 Å². The molecule has 0 heterocycles. The first-order valence-electron chi connectivity index (χ1n) is 9.22. The Morgan fingerprint density at radius 2 is 1.81 bits per heavy atom. The van der Waals surface area contributed by atoms with E-state index in [9.17, 15) is 10.1 Å². The van der Waals surface area contributed by atoms with E-state index < -0.39 is 5.91 Å². The van der Waals surface area contributed by atoms with Crippen molar-refractivity contribution < 1.29 is 9.53 Å². The van der Waals surface area contributed by atoms with Gasteiger partial charge in [0.25, 0.3) is 5.91 Å². The molecule has 0 spiro atoms. The van der Waals surface area contributed by atoms with Crippen molar-refractivity contribution in [2.75, 3.05) is 5.32 Å². The van der Waals surface area contributed by atoms with E-state index in [1.165, 1.54) is 6.08 Å². The maximum atomic E-state index is 12.5. The number of anilines is 1. The van der Waals surface area contributed by atoms with Gasteiger partial charge in [-0.25, -0.2) is 0 Å². The molecule has 156 valence electrons. The van der Waals surface area contributed by atoms with Crippen LogP contribution in [0.25, 0.3) is 6.08 Å². The summed E-state index contributed by atoms with van der Waals surface area (Å²) < 4.78 is 6.44. The van der Waals surface area contributed by atoms with Gasteiger partial charge < -0.3 is 10.1 Å². The van der Waals surface area contributed by atoms with Crippen molar-refractivity contribution in [3.63, 3.8) is 0 Å². The zero-order valence-corrected chi connectivity index (χ0v) is 19.6. The molecule has 3 aromatic rings. The van der Waals surface area contributed by atoms with Crippen molar-refractivity contribution in [2.24, 2.45) is 0 Å². The summed E-state index contributed by atoms with van der Waals surface area (Å²) in [5.41, 5.74) is 3.18. The molecule has 0 aliphatic heterocycles. The predicted molar refractivity (Wildman–Crippen MR) is 128 cm³/mol. The molecule has 7 heteroatoms. The summed E-state index contributed by atoms with van der Waals surface area (Å²) in [6.07, 6.45) is 1.48. The molecular formula is C24H17BrCl2N2O2. The molecule has 0 radical (unpaired) electrons. The minimum absolute atomic E-state index is 0.0432. The lowest BCUT2D eigenvalue weighted by Crippen LogP contribution is -2.13. The monoisotopic (exact) mass is 514 g/mol. The number of hydrogen-bond donors (Lipinski definition) is 1. The first-order chi connectivity index (χ1) is 14.9. The van der Waals surface area contributed by atoms with Gasteiger partial charge in [0.2, 0.25) is 0 Å². The second-order valence-corrected chi connectivity index (χ2v) is 8.42. The molecule has 0 saturated carbocycles. The van der Waals surface area contributed by atoms with E-state index in [4.69, 9.17) is 27.9 Å². The number of hydrogen-bond acceptors (Lipinski definition) is 3. The summed E-state index contributed by atoms with van der Waals surface area (Å²) in [6, 6.07) is 19.9. The number of nitriles is 1. The molecule has 3 rings (SSSR count). The number of amides is 1. The topological polar surface area (TPSA) is 62.1 Å². The fraction of sp³-hybridized carbons (Fsp3) is 0.0833. The van der Waals surface area contributed by atoms with E-state index in [1.54, 1.807) is 36.4 Å². The third-order valence-electron chi connectivity index (χ3n) is 4.30. The van der Waals surface area contributed by atoms with E-state index in [1.807, 2.05) is 37.3 Å². The average Bonchev–Trinajstić information content (AvgIpc) is 2.74. The zero-order valence-electron chi connectivity index (χ0n) is 16.5. The highest BCUT2D eigenvalue weighted by Crippen LogP contribution is 2.35. The van der Waals surface area contributed by atoms with E-state index in [0.29, 0.717) is 38.1 Å². The van der Waals surface area contributed by atoms with Crippen LogP contribution in [0.1, 0.15) is 16.7 Å². The first kappa shape index (κ1) is 22.9. The van der Waals surface area contributed by atoms with E-state index in [-0.39, 0.29) is 5.57 Å². The molecule has 0 bridgehead atoms. The van der Waals surface area contributed by atoms with Gasteiger partial charge in [-0.15, -0.1) is 0 Å². The van der Waals surface area contributed by atoms with Crippen LogP contribution in [0.15, 0.2) is 70.7 Å². The second-order valence-electron chi connectivity index (χ2n) is 6.72. The number of carbonyl (C=O) groups is 1. The summed E-state index contributed by atoms with van der Waals surface area (Å²) in [7, 11) is 0. The van der Waals surface area contributed by atoms with Crippen LogP contribution in [0.4, 0.5) is 5.69 Å². The smallest absolute Gasteiger partial charge is 0.266 e. The van der Waals surface area contributed by atoms with Crippen molar-refractivity contribution in [2.45, 2.75) is 13.5 Å². The Morgan fingerprint density at radius 3 is 2.42 bits per heavy atom. The second kappa shape index (κ2) is 10.5. The molecule has 0 atom stereocenters. The van der Waals surface area contributed by atoms with Crippen molar-refractivity contribution in [1.29, 1.82) is 5.26 Å². The fourth-order valence-corrected chi connectivity index (χ4v) is 3.80. The van der Waals surface area contributed by atoms with Crippen molar-refractivity contribution in [1.82, 2.24) is 0 Å². The van der Waals surface area contributed by atoms with Crippen LogP contribution < -0.4 is 10.1 Å². The van der Waals surface area contributed by atoms with E-state index in [0.717, 1.165) is 11.1 Å². The van der Waals surface area contributed by atoms with Crippen LogP contribution in [0.2, 0.25) is 10.0 Å². The van der Waals surface area contributed by atoms with Crippen LogP contribution >= 0.6 is 39.1 Å². The van der Waals surface area contributed by atoms with Crippen LogP contribution in [0, 0.1) is 18.3 Å². The number of benzene rings is 3. The van der Waals surface area contributed by atoms with Crippen molar-refractivity contribution in [3.05, 3.63) is 97.4 Å². The number of nitrogens with one attached hydrogen (secondary N) is 1. The number of halogens is 3. The van der Waals surface area contributed by atoms with Gasteiger partial charge in [-0.3, -0.25) is 4.79 Å². The Labute approximate surface area is 199 Å². The maximum absolute atomic E-state index is 12.5. The highest BCUT2D eigenvalue weighted by atomic mass is 79.9. The van der Waals surface area contributed by atoms with Crippen LogP contribution in [-0.4, -0.2) is 5.91 Å². The summed E-state index contributed by atoms with van der Waals surface area (Å²) in [5.74, 6) is -0.0296. The van der Waals surface area contributed by atoms with E-state index in [2.05, 4.69) is 21.2 Å². The number of carbonyl (C=O) groups excluding carboxylic acids is 1. The Morgan fingerprint density at radius 1 is 1.13 bits per heavy atom. The molecule has 31 heavy (non-hydrogen) atoms. The summed E-state index contributed by atoms with van der Waals surface area (Å²) in [5, 5.41) is 13.2. The normalized spacial score (nSPS) is 11.0. The molecular weight excluding hydrogens is 499 g/mol. The molecule has 0 aromatic heterocycles. The van der Waals surface area contributed by atoms with Gasteiger partial charge in [-0.05, 0) is 76.5 Å². The Balaban J connectivity index is 1.76. The molecule has 0 aliphatic rings. The molecule has 1 N–H and O–H groups in total. The lowest BCUT2D eigenvalue weighted by Gasteiger charge is -2.11. The minimum atomic E-state index is -0.498. The average molecular weight is 516 g/mol. The lowest BCUT2D eigenvalue weighted by atomic mass is 10.1. The summed E-state index contributed by atoms with van der Waals surface area (Å²) in [6.45, 7) is 2.27. The predicted octanol–water partition coefficient (Wildman–Crippen LogP) is 7.19. The third-order valence-corrected chi connectivity index (χ3v) is 5.42. The molecule has 0 aliphatic carbocycles. The van der Waals surface area contributed by atoms with Gasteiger partial charge in [0.05, 0.1) is 9.50 Å². The van der Waals surface area contributed by atoms with Gasteiger partial charge in [-0.1, -0.05) is 53.0 Å². The molecule has 4 nitrogen and oxygen atoms in total. The number of nitrogens with zero attached hydrogens (tertiary/aromatic N) is 1. The third kappa shape index (κ3) is 6.35. The standard InChI is InChI=1S/C24H17BrCl2N2O2/c1-15-2-8-20(9-3-15)29-24(30)18(13-28)10-17-11-21(25)23(22(27)12-17)31-14-16-4-6-19(26)7-5-16/h2-12H,14H2,1H3,(H,29,30)/b18-10-. The first-order valence-corrected chi connectivity index (χ1v) is 10.8. The molecule has 0 unspecified atom stereocenters. The molecule has 0 fully saturated rings. The largest absolute Gasteiger partial charge is 0.486 e. The Kier molecular flexibility index (Phi) is 7.75. The molecule has 0 saturated heterocycles. The SMILES string of the molecule is Cc1ccc(NC(=O)/C(C#N)=C\c2cc(Cl)c(OCc3ccc(Cl)cc3)c(Br)c2)cc1. The molecule has 3 aromatic carbocycles. The van der Waals surface area contributed by atoms with Gasteiger partial charge in [0.15, 0.2) is 5.75 Å². The van der Waals surface area contributed by atoms with Gasteiger partial charge in [-0.2, -0.15) is 5.26 Å². The van der Waals surface area contributed by atoms with Crippen LogP contribution in [0.3, 0.4) is 0 Å². The zero-order chi connectivity index (χ0) is 22.4. The quantitative estimate of drug-likeness (QED) is 0.279. The van der Waals surface area contributed by atoms with Gasteiger partial charge in [0.1, 0.15) is 18.2 Å². The molecule has 1 amide bonds. The number of aryl methyl sites for hydroxylation is 1. The maximum Gasteiger partial charge on any atom is 0.266 e. The minimum Gasteiger partial charge on any atom is -0.486 e. The fourth-order valence-electron chi connectivity index (χ4n) is 2.69. The Bertz CT molecular complexity index is 1140. The van der Waals surface area contributed by atoms with Crippen LogP contribution in [0.5, 0.6) is 5.75 Å². The highest BCUT2D eigenvalue weighted by molar-refractivity contribution is 9.10. The Hall–Kier alpha value is -2.78. The van der Waals surface area contributed by atoms with Gasteiger partial charge >= 0.3 is 0 Å². The van der Waals surface area contributed by atoms with E-state index >= 15 is 0 Å². The summed E-state index contributed by atoms with van der Waals surface area (Å²) in [4.78, 5) is 12.5. The number of rotatable bonds is 6. The van der Waals surface area contributed by atoms with Crippen molar-refractivity contribution >= 4 is 56.8 Å². The lowest BCUT2D eigenvalue weighted by molar-refractivity contribution is -0.112. The summed E-state index contributed by atoms with van der Waals surface area (Å²) >= 11 is 15.7. The van der Waals surface area contributed by atoms with Crippen LogP contribution in [-0.2, 0) is 11.4 Å². The number of ether oxygens (including phenoxy) is 1. The highest BCUT2D eigenvalue weighted by Gasteiger charge is 2.13.